The van der Waals surface area contributed by atoms with Gasteiger partial charge < -0.3 is 16.0 Å². The van der Waals surface area contributed by atoms with Crippen molar-refractivity contribution >= 4 is 29.2 Å². The van der Waals surface area contributed by atoms with Crippen LogP contribution in [0, 0.1) is 12.8 Å². The molecular weight excluding hydrogens is 406 g/mol. The highest BCUT2D eigenvalue weighted by Crippen LogP contribution is 2.26. The van der Waals surface area contributed by atoms with Crippen molar-refractivity contribution in [2.75, 3.05) is 18.8 Å². The standard InChI is InChI=1S/C20H28ClN7O2/c1-12(23-19(29)16-8-9-27(3)26-16)20(30)28-10-6-14(7-11-28)4-5-15-17(21)24-13(2)25-18(15)22/h8-9,12,14H,4-7,10-11H2,1-3H3,(H,23,29)(H2,22,24,25). The van der Waals surface area contributed by atoms with Gasteiger partial charge in [-0.25, -0.2) is 9.97 Å². The van der Waals surface area contributed by atoms with Crippen molar-refractivity contribution in [1.82, 2.24) is 30.0 Å². The summed E-state index contributed by atoms with van der Waals surface area (Å²) < 4.78 is 1.55. The van der Waals surface area contributed by atoms with Gasteiger partial charge in [-0.1, -0.05) is 11.6 Å². The summed E-state index contributed by atoms with van der Waals surface area (Å²) in [6.07, 6.45) is 5.13. The molecule has 1 unspecified atom stereocenters. The van der Waals surface area contributed by atoms with Crippen LogP contribution in [-0.4, -0.2) is 55.6 Å². The monoisotopic (exact) mass is 433 g/mol. The average Bonchev–Trinajstić information content (AvgIpc) is 3.13. The maximum Gasteiger partial charge on any atom is 0.272 e. The SMILES string of the molecule is Cc1nc(N)c(CCC2CCN(C(=O)C(C)NC(=O)c3ccn(C)n3)CC2)c(Cl)n1. The van der Waals surface area contributed by atoms with Gasteiger partial charge >= 0.3 is 0 Å². The number of nitrogens with two attached hydrogens (primary N) is 1. The molecule has 0 aliphatic carbocycles. The van der Waals surface area contributed by atoms with Crippen LogP contribution >= 0.6 is 11.6 Å². The number of carbonyl (C=O) groups is 2. The minimum absolute atomic E-state index is 0.0723. The van der Waals surface area contributed by atoms with E-state index in [1.165, 1.54) is 0 Å². The van der Waals surface area contributed by atoms with E-state index in [-0.39, 0.29) is 11.8 Å². The van der Waals surface area contributed by atoms with E-state index in [9.17, 15) is 9.59 Å². The lowest BCUT2D eigenvalue weighted by Gasteiger charge is -2.33. The molecule has 1 aliphatic heterocycles. The zero-order valence-electron chi connectivity index (χ0n) is 17.6. The van der Waals surface area contributed by atoms with E-state index in [0.717, 1.165) is 31.2 Å². The third-order valence-electron chi connectivity index (χ3n) is 5.49. The summed E-state index contributed by atoms with van der Waals surface area (Å²) in [4.78, 5) is 35.1. The van der Waals surface area contributed by atoms with Gasteiger partial charge in [0.15, 0.2) is 0 Å². The van der Waals surface area contributed by atoms with E-state index < -0.39 is 6.04 Å². The van der Waals surface area contributed by atoms with E-state index in [0.29, 0.717) is 41.5 Å². The Bertz CT molecular complexity index is 899. The molecule has 0 saturated carbocycles. The Hall–Kier alpha value is -2.68. The maximum atomic E-state index is 12.7. The number of rotatable bonds is 6. The molecule has 1 fully saturated rings. The molecule has 0 bridgehead atoms. The molecule has 3 rings (SSSR count). The smallest absolute Gasteiger partial charge is 0.272 e. The van der Waals surface area contributed by atoms with Gasteiger partial charge in [0.1, 0.15) is 28.5 Å². The summed E-state index contributed by atoms with van der Waals surface area (Å²) in [5.74, 6) is 1.07. The molecule has 10 heteroatoms. The lowest BCUT2D eigenvalue weighted by Crippen LogP contribution is -2.49. The van der Waals surface area contributed by atoms with Crippen molar-refractivity contribution in [2.24, 2.45) is 13.0 Å². The molecule has 162 valence electrons. The number of nitrogens with one attached hydrogen (secondary N) is 1. The molecule has 3 N–H and O–H groups in total. The number of likely N-dealkylation sites (tertiary alicyclic amines) is 1. The first kappa shape index (κ1) is 22.0. The van der Waals surface area contributed by atoms with Crippen LogP contribution in [0.25, 0.3) is 0 Å². The number of aromatic nitrogens is 4. The third kappa shape index (κ3) is 5.27. The van der Waals surface area contributed by atoms with Crippen LogP contribution in [0.2, 0.25) is 5.15 Å². The van der Waals surface area contributed by atoms with Gasteiger partial charge in [-0.3, -0.25) is 14.3 Å². The first-order chi connectivity index (χ1) is 14.2. The first-order valence-corrected chi connectivity index (χ1v) is 10.5. The average molecular weight is 434 g/mol. The molecule has 0 radical (unpaired) electrons. The zero-order chi connectivity index (χ0) is 21.8. The molecule has 30 heavy (non-hydrogen) atoms. The highest BCUT2D eigenvalue weighted by atomic mass is 35.5. The molecule has 2 amide bonds. The predicted octanol–water partition coefficient (Wildman–Crippen LogP) is 1.74. The highest BCUT2D eigenvalue weighted by molar-refractivity contribution is 6.30. The number of nitrogens with zero attached hydrogens (tertiary/aromatic N) is 5. The number of anilines is 1. The number of piperidine rings is 1. The summed E-state index contributed by atoms with van der Waals surface area (Å²) >= 11 is 6.21. The van der Waals surface area contributed by atoms with Gasteiger partial charge in [-0.05, 0) is 51.5 Å². The van der Waals surface area contributed by atoms with E-state index in [1.54, 1.807) is 37.8 Å². The fraction of sp³-hybridized carbons (Fsp3) is 0.550. The van der Waals surface area contributed by atoms with E-state index >= 15 is 0 Å². The fourth-order valence-electron chi connectivity index (χ4n) is 3.75. The van der Waals surface area contributed by atoms with E-state index in [4.69, 9.17) is 17.3 Å². The van der Waals surface area contributed by atoms with Crippen LogP contribution in [0.15, 0.2) is 12.3 Å². The number of hydrogen-bond donors (Lipinski definition) is 2. The molecule has 0 spiro atoms. The van der Waals surface area contributed by atoms with Crippen LogP contribution in [0.5, 0.6) is 0 Å². The van der Waals surface area contributed by atoms with Crippen molar-refractivity contribution in [3.8, 4) is 0 Å². The fourth-order valence-corrected chi connectivity index (χ4v) is 4.06. The highest BCUT2D eigenvalue weighted by Gasteiger charge is 2.27. The first-order valence-electron chi connectivity index (χ1n) is 10.1. The molecule has 9 nitrogen and oxygen atoms in total. The van der Waals surface area contributed by atoms with Crippen molar-refractivity contribution in [2.45, 2.75) is 45.6 Å². The lowest BCUT2D eigenvalue weighted by atomic mass is 9.90. The summed E-state index contributed by atoms with van der Waals surface area (Å²) in [7, 11) is 1.74. The Morgan fingerprint density at radius 2 is 2.03 bits per heavy atom. The second-order valence-corrected chi connectivity index (χ2v) is 8.16. The van der Waals surface area contributed by atoms with Gasteiger partial charge in [0.05, 0.1) is 0 Å². The summed E-state index contributed by atoms with van der Waals surface area (Å²) in [5, 5.41) is 7.21. The van der Waals surface area contributed by atoms with Gasteiger partial charge in [0, 0.05) is 31.9 Å². The van der Waals surface area contributed by atoms with Crippen molar-refractivity contribution in [1.29, 1.82) is 0 Å². The number of hydrogen-bond acceptors (Lipinski definition) is 6. The van der Waals surface area contributed by atoms with Gasteiger partial charge in [0.2, 0.25) is 5.91 Å². The van der Waals surface area contributed by atoms with Crippen LogP contribution in [0.3, 0.4) is 0 Å². The van der Waals surface area contributed by atoms with E-state index in [2.05, 4.69) is 20.4 Å². The molecular formula is C20H28ClN7O2. The molecule has 1 saturated heterocycles. The zero-order valence-corrected chi connectivity index (χ0v) is 18.3. The van der Waals surface area contributed by atoms with Gasteiger partial charge in [-0.2, -0.15) is 5.10 Å². The lowest BCUT2D eigenvalue weighted by molar-refractivity contribution is -0.134. The Balaban J connectivity index is 1.46. The number of carbonyl (C=O) groups excluding carboxylic acids is 2. The van der Waals surface area contributed by atoms with Crippen LogP contribution in [0.4, 0.5) is 5.82 Å². The minimum Gasteiger partial charge on any atom is -0.383 e. The number of aryl methyl sites for hydroxylation is 2. The number of amides is 2. The van der Waals surface area contributed by atoms with Crippen molar-refractivity contribution in [3.05, 3.63) is 34.5 Å². The molecule has 3 heterocycles. The Labute approximate surface area is 181 Å². The van der Waals surface area contributed by atoms with Crippen LogP contribution < -0.4 is 11.1 Å². The second kappa shape index (κ2) is 9.42. The topological polar surface area (TPSA) is 119 Å². The van der Waals surface area contributed by atoms with Crippen molar-refractivity contribution in [3.63, 3.8) is 0 Å². The number of nitrogen functional groups attached to an aromatic ring is 1. The van der Waals surface area contributed by atoms with Crippen molar-refractivity contribution < 1.29 is 9.59 Å². The molecule has 0 aromatic carbocycles. The summed E-state index contributed by atoms with van der Waals surface area (Å²) in [6, 6.07) is 1.02. The minimum atomic E-state index is -0.598. The quantitative estimate of drug-likeness (QED) is 0.669. The number of halogens is 1. The van der Waals surface area contributed by atoms with Crippen LogP contribution in [-0.2, 0) is 18.3 Å². The summed E-state index contributed by atoms with van der Waals surface area (Å²) in [5.41, 5.74) is 7.08. The molecule has 2 aromatic heterocycles. The maximum absolute atomic E-state index is 12.7. The largest absolute Gasteiger partial charge is 0.383 e. The van der Waals surface area contributed by atoms with E-state index in [1.807, 2.05) is 4.90 Å². The third-order valence-corrected chi connectivity index (χ3v) is 5.81. The summed E-state index contributed by atoms with van der Waals surface area (Å²) in [6.45, 7) is 4.80. The van der Waals surface area contributed by atoms with Gasteiger partial charge in [0.25, 0.3) is 5.91 Å². The molecule has 1 aliphatic rings. The second-order valence-electron chi connectivity index (χ2n) is 7.80. The Morgan fingerprint density at radius 1 is 1.33 bits per heavy atom. The molecule has 2 aromatic rings. The predicted molar refractivity (Wildman–Crippen MR) is 114 cm³/mol. The Morgan fingerprint density at radius 3 is 2.63 bits per heavy atom. The van der Waals surface area contributed by atoms with Gasteiger partial charge in [-0.15, -0.1) is 0 Å². The Kier molecular flexibility index (Phi) is 6.91. The molecule has 1 atom stereocenters. The normalized spacial score (nSPS) is 15.8. The van der Waals surface area contributed by atoms with Crippen LogP contribution in [0.1, 0.15) is 48.1 Å².